The molecule has 1 aliphatic rings. The molecule has 1 heterocycles. The molecule has 2 rings (SSSR count). The third-order valence-electron chi connectivity index (χ3n) is 3.65. The molecule has 23 heavy (non-hydrogen) atoms. The highest BCUT2D eigenvalue weighted by atomic mass is 16.4. The van der Waals surface area contributed by atoms with Crippen molar-refractivity contribution in [2.45, 2.75) is 19.4 Å². The molecule has 1 saturated heterocycles. The number of para-hydroxylation sites is 1. The molecule has 0 aliphatic carbocycles. The Bertz CT molecular complexity index is 656. The molecule has 1 aromatic rings. The van der Waals surface area contributed by atoms with Crippen LogP contribution in [0.4, 0.5) is 10.5 Å². The van der Waals surface area contributed by atoms with Crippen molar-refractivity contribution in [3.05, 3.63) is 30.3 Å². The van der Waals surface area contributed by atoms with Gasteiger partial charge < -0.3 is 10.0 Å². The standard InChI is InChI=1S/C15H17N3O5/c1-15(2)13(22)16-14(23)18(15)8-11(19)17(9-12(20)21)10-6-4-3-5-7-10/h3-7H,8-9H2,1-2H3,(H,20,21)(H,16,22,23). The van der Waals surface area contributed by atoms with Crippen molar-refractivity contribution in [3.63, 3.8) is 0 Å². The molecule has 0 unspecified atom stereocenters. The van der Waals surface area contributed by atoms with Crippen molar-refractivity contribution in [3.8, 4) is 0 Å². The first-order chi connectivity index (χ1) is 10.7. The van der Waals surface area contributed by atoms with Crippen LogP contribution in [0.2, 0.25) is 0 Å². The molecular formula is C15H17N3O5. The number of carboxylic acids is 1. The Labute approximate surface area is 132 Å². The molecule has 1 aromatic carbocycles. The van der Waals surface area contributed by atoms with Crippen LogP contribution < -0.4 is 10.2 Å². The van der Waals surface area contributed by atoms with Gasteiger partial charge in [0.05, 0.1) is 0 Å². The zero-order valence-electron chi connectivity index (χ0n) is 12.8. The summed E-state index contributed by atoms with van der Waals surface area (Å²) in [5.41, 5.74) is -0.762. The lowest BCUT2D eigenvalue weighted by atomic mass is 10.0. The monoisotopic (exact) mass is 319 g/mol. The number of nitrogens with zero attached hydrogens (tertiary/aromatic N) is 2. The molecule has 0 atom stereocenters. The summed E-state index contributed by atoms with van der Waals surface area (Å²) in [6, 6.07) is 7.61. The lowest BCUT2D eigenvalue weighted by Crippen LogP contribution is -2.50. The molecule has 0 bridgehead atoms. The van der Waals surface area contributed by atoms with Gasteiger partial charge in [0.15, 0.2) is 0 Å². The third kappa shape index (κ3) is 3.31. The fourth-order valence-electron chi connectivity index (χ4n) is 2.25. The van der Waals surface area contributed by atoms with Crippen LogP contribution in [-0.4, -0.2) is 52.4 Å². The highest BCUT2D eigenvalue weighted by Gasteiger charge is 2.46. The minimum absolute atomic E-state index is 0.396. The van der Waals surface area contributed by atoms with E-state index in [9.17, 15) is 19.2 Å². The number of hydrogen-bond donors (Lipinski definition) is 2. The van der Waals surface area contributed by atoms with E-state index in [1.807, 2.05) is 0 Å². The minimum Gasteiger partial charge on any atom is -0.480 e. The highest BCUT2D eigenvalue weighted by molar-refractivity contribution is 6.09. The molecule has 8 nitrogen and oxygen atoms in total. The van der Waals surface area contributed by atoms with Crippen LogP contribution in [0.5, 0.6) is 0 Å². The van der Waals surface area contributed by atoms with E-state index in [0.29, 0.717) is 5.69 Å². The summed E-state index contributed by atoms with van der Waals surface area (Å²) in [6.07, 6.45) is 0. The SMILES string of the molecule is CC1(C)C(=O)NC(=O)N1CC(=O)N(CC(=O)O)c1ccccc1. The summed E-state index contributed by atoms with van der Waals surface area (Å²) in [6.45, 7) is 2.11. The molecule has 0 saturated carbocycles. The van der Waals surface area contributed by atoms with Crippen molar-refractivity contribution in [2.24, 2.45) is 0 Å². The number of carboxylic acid groups (broad SMARTS) is 1. The average Bonchev–Trinajstić information content (AvgIpc) is 2.68. The number of imide groups is 1. The normalized spacial score (nSPS) is 16.2. The minimum atomic E-state index is -1.18. The van der Waals surface area contributed by atoms with Crippen LogP contribution in [-0.2, 0) is 14.4 Å². The highest BCUT2D eigenvalue weighted by Crippen LogP contribution is 2.22. The zero-order valence-corrected chi connectivity index (χ0v) is 12.8. The van der Waals surface area contributed by atoms with Gasteiger partial charge in [-0.05, 0) is 26.0 Å². The van der Waals surface area contributed by atoms with Crippen molar-refractivity contribution in [1.29, 1.82) is 0 Å². The molecule has 2 N–H and O–H groups in total. The van der Waals surface area contributed by atoms with Crippen LogP contribution in [0.3, 0.4) is 0 Å². The van der Waals surface area contributed by atoms with Crippen molar-refractivity contribution < 1.29 is 24.3 Å². The molecule has 0 radical (unpaired) electrons. The zero-order chi connectivity index (χ0) is 17.2. The number of benzene rings is 1. The van der Waals surface area contributed by atoms with Gasteiger partial charge in [-0.2, -0.15) is 0 Å². The number of nitrogens with one attached hydrogen (secondary N) is 1. The summed E-state index contributed by atoms with van der Waals surface area (Å²) >= 11 is 0. The molecule has 0 aromatic heterocycles. The molecule has 0 spiro atoms. The van der Waals surface area contributed by atoms with E-state index in [-0.39, 0.29) is 0 Å². The number of amides is 4. The summed E-state index contributed by atoms with van der Waals surface area (Å²) in [7, 11) is 0. The van der Waals surface area contributed by atoms with Crippen LogP contribution in [0.25, 0.3) is 0 Å². The molecular weight excluding hydrogens is 302 g/mol. The number of anilines is 1. The first kappa shape index (κ1) is 16.5. The van der Waals surface area contributed by atoms with E-state index in [2.05, 4.69) is 5.32 Å². The number of aliphatic carboxylic acids is 1. The van der Waals surface area contributed by atoms with Crippen LogP contribution in [0.1, 0.15) is 13.8 Å². The smallest absolute Gasteiger partial charge is 0.325 e. The topological polar surface area (TPSA) is 107 Å². The van der Waals surface area contributed by atoms with E-state index in [1.54, 1.807) is 30.3 Å². The van der Waals surface area contributed by atoms with Crippen molar-refractivity contribution in [2.75, 3.05) is 18.0 Å². The van der Waals surface area contributed by atoms with E-state index < -0.39 is 42.4 Å². The molecule has 1 aliphatic heterocycles. The van der Waals surface area contributed by atoms with Crippen LogP contribution in [0, 0.1) is 0 Å². The van der Waals surface area contributed by atoms with Gasteiger partial charge in [0.25, 0.3) is 5.91 Å². The van der Waals surface area contributed by atoms with Gasteiger partial charge in [0.2, 0.25) is 5.91 Å². The largest absolute Gasteiger partial charge is 0.480 e. The Morgan fingerprint density at radius 3 is 2.30 bits per heavy atom. The van der Waals surface area contributed by atoms with Crippen molar-refractivity contribution >= 4 is 29.5 Å². The third-order valence-corrected chi connectivity index (χ3v) is 3.65. The maximum atomic E-state index is 12.5. The van der Waals surface area contributed by atoms with Gasteiger partial charge in [0.1, 0.15) is 18.6 Å². The Kier molecular flexibility index (Phi) is 4.35. The molecule has 1 fully saturated rings. The maximum Gasteiger partial charge on any atom is 0.325 e. The first-order valence-electron chi connectivity index (χ1n) is 6.93. The lowest BCUT2D eigenvalue weighted by Gasteiger charge is -2.30. The van der Waals surface area contributed by atoms with Gasteiger partial charge in [-0.25, -0.2) is 4.79 Å². The van der Waals surface area contributed by atoms with Gasteiger partial charge in [0, 0.05) is 5.69 Å². The Hall–Kier alpha value is -2.90. The first-order valence-corrected chi connectivity index (χ1v) is 6.93. The number of carbonyl (C=O) groups is 4. The van der Waals surface area contributed by atoms with E-state index >= 15 is 0 Å². The molecule has 122 valence electrons. The van der Waals surface area contributed by atoms with Gasteiger partial charge >= 0.3 is 12.0 Å². The summed E-state index contributed by atoms with van der Waals surface area (Å²) < 4.78 is 0. The molecule has 4 amide bonds. The maximum absolute atomic E-state index is 12.5. The second-order valence-corrected chi connectivity index (χ2v) is 5.61. The Balaban J connectivity index is 2.23. The predicted molar refractivity (Wildman–Crippen MR) is 80.8 cm³/mol. The second-order valence-electron chi connectivity index (χ2n) is 5.61. The Morgan fingerprint density at radius 1 is 1.22 bits per heavy atom. The predicted octanol–water partition coefficient (Wildman–Crippen LogP) is 0.435. The van der Waals surface area contributed by atoms with Gasteiger partial charge in [-0.15, -0.1) is 0 Å². The fraction of sp³-hybridized carbons (Fsp3) is 0.333. The van der Waals surface area contributed by atoms with Crippen LogP contribution in [0.15, 0.2) is 30.3 Å². The summed E-state index contributed by atoms with van der Waals surface area (Å²) in [5, 5.41) is 11.2. The fourth-order valence-corrected chi connectivity index (χ4v) is 2.25. The number of carbonyl (C=O) groups excluding carboxylic acids is 3. The Morgan fingerprint density at radius 2 is 1.83 bits per heavy atom. The van der Waals surface area contributed by atoms with Crippen LogP contribution >= 0.6 is 0 Å². The number of urea groups is 1. The van der Waals surface area contributed by atoms with E-state index in [1.165, 1.54) is 13.8 Å². The number of hydrogen-bond acceptors (Lipinski definition) is 4. The average molecular weight is 319 g/mol. The lowest BCUT2D eigenvalue weighted by molar-refractivity contribution is -0.137. The van der Waals surface area contributed by atoms with Gasteiger partial charge in [-0.3, -0.25) is 24.6 Å². The number of rotatable bonds is 5. The quantitative estimate of drug-likeness (QED) is 0.766. The van der Waals surface area contributed by atoms with E-state index in [0.717, 1.165) is 9.80 Å². The summed E-state index contributed by atoms with van der Waals surface area (Å²) in [5.74, 6) is -2.26. The van der Waals surface area contributed by atoms with Gasteiger partial charge in [-0.1, -0.05) is 18.2 Å². The van der Waals surface area contributed by atoms with Crippen molar-refractivity contribution in [1.82, 2.24) is 10.2 Å². The molecule has 8 heteroatoms. The summed E-state index contributed by atoms with van der Waals surface area (Å²) in [4.78, 5) is 49.2. The second kappa shape index (κ2) is 6.07. The van der Waals surface area contributed by atoms with E-state index in [4.69, 9.17) is 5.11 Å².